The second-order valence-corrected chi connectivity index (χ2v) is 6.58. The van der Waals surface area contributed by atoms with Crippen LogP contribution in [0.4, 0.5) is 4.79 Å². The number of carbonyl (C=O) groups is 2. The molecule has 0 bridgehead atoms. The van der Waals surface area contributed by atoms with E-state index in [4.69, 9.17) is 4.74 Å². The summed E-state index contributed by atoms with van der Waals surface area (Å²) in [7, 11) is 0. The third-order valence-corrected chi connectivity index (χ3v) is 2.92. The van der Waals surface area contributed by atoms with Crippen molar-refractivity contribution in [1.29, 1.82) is 0 Å². The minimum Gasteiger partial charge on any atom is -0.444 e. The van der Waals surface area contributed by atoms with Crippen molar-refractivity contribution in [3.05, 3.63) is 0 Å². The third-order valence-electron chi connectivity index (χ3n) is 2.92. The van der Waals surface area contributed by atoms with Gasteiger partial charge in [0.05, 0.1) is 0 Å². The van der Waals surface area contributed by atoms with Gasteiger partial charge in [-0.1, -0.05) is 13.8 Å². The Bertz CT molecular complexity index is 311. The zero-order valence-electron chi connectivity index (χ0n) is 12.1. The van der Waals surface area contributed by atoms with Crippen molar-refractivity contribution in [3.63, 3.8) is 0 Å². The van der Waals surface area contributed by atoms with Crippen molar-refractivity contribution < 1.29 is 14.3 Å². The lowest BCUT2D eigenvalue weighted by Gasteiger charge is -2.35. The first-order chi connectivity index (χ1) is 8.17. The van der Waals surface area contributed by atoms with Crippen molar-refractivity contribution >= 4 is 11.9 Å². The van der Waals surface area contributed by atoms with E-state index >= 15 is 0 Å². The number of rotatable bonds is 4. The van der Waals surface area contributed by atoms with Gasteiger partial charge in [-0.15, -0.1) is 0 Å². The van der Waals surface area contributed by atoms with E-state index in [0.717, 1.165) is 12.8 Å². The molecule has 0 aromatic carbocycles. The molecule has 18 heavy (non-hydrogen) atoms. The van der Waals surface area contributed by atoms with Crippen molar-refractivity contribution in [2.24, 2.45) is 11.8 Å². The zero-order valence-corrected chi connectivity index (χ0v) is 12.1. The van der Waals surface area contributed by atoms with E-state index in [0.29, 0.717) is 18.1 Å². The minimum absolute atomic E-state index is 0.0981. The van der Waals surface area contributed by atoms with Crippen LogP contribution in [0, 0.1) is 11.8 Å². The van der Waals surface area contributed by atoms with Gasteiger partial charge in [0.2, 0.25) is 0 Å². The SMILES string of the molecule is CC(C)CC(=O)C1CC(NC(=O)OC(C)(C)C)C1. The fraction of sp³-hybridized carbons (Fsp3) is 0.857. The molecule has 0 heterocycles. The quantitative estimate of drug-likeness (QED) is 0.840. The summed E-state index contributed by atoms with van der Waals surface area (Å²) in [6.45, 7) is 9.60. The average Bonchev–Trinajstić information content (AvgIpc) is 2.05. The molecule has 1 aliphatic carbocycles. The molecular weight excluding hydrogens is 230 g/mol. The van der Waals surface area contributed by atoms with Crippen LogP contribution in [0.2, 0.25) is 0 Å². The lowest BCUT2D eigenvalue weighted by Crippen LogP contribution is -2.48. The number of alkyl carbamates (subject to hydrolysis) is 1. The summed E-state index contributed by atoms with van der Waals surface area (Å²) in [5.41, 5.74) is -0.472. The van der Waals surface area contributed by atoms with E-state index in [9.17, 15) is 9.59 Å². The summed E-state index contributed by atoms with van der Waals surface area (Å²) >= 11 is 0. The molecular formula is C14H25NO3. The molecule has 0 aromatic heterocycles. The Morgan fingerprint density at radius 2 is 1.83 bits per heavy atom. The van der Waals surface area contributed by atoms with Crippen molar-refractivity contribution in [2.75, 3.05) is 0 Å². The van der Waals surface area contributed by atoms with Gasteiger partial charge in [0.15, 0.2) is 0 Å². The molecule has 0 spiro atoms. The first-order valence-corrected chi connectivity index (χ1v) is 6.69. The number of ether oxygens (including phenoxy) is 1. The maximum Gasteiger partial charge on any atom is 0.407 e. The smallest absolute Gasteiger partial charge is 0.407 e. The first-order valence-electron chi connectivity index (χ1n) is 6.69. The molecule has 0 radical (unpaired) electrons. The van der Waals surface area contributed by atoms with Gasteiger partial charge in [0.25, 0.3) is 0 Å². The summed E-state index contributed by atoms with van der Waals surface area (Å²) in [4.78, 5) is 23.2. The van der Waals surface area contributed by atoms with E-state index in [1.807, 2.05) is 34.6 Å². The van der Waals surface area contributed by atoms with Crippen LogP contribution in [0.25, 0.3) is 0 Å². The fourth-order valence-corrected chi connectivity index (χ4v) is 2.04. The Morgan fingerprint density at radius 1 is 1.28 bits per heavy atom. The maximum absolute atomic E-state index is 11.8. The van der Waals surface area contributed by atoms with Gasteiger partial charge in [0, 0.05) is 18.4 Å². The summed E-state index contributed by atoms with van der Waals surface area (Å²) < 4.78 is 5.17. The molecule has 0 atom stereocenters. The number of Topliss-reactive ketones (excluding diaryl/α,β-unsaturated/α-hetero) is 1. The molecule has 1 rings (SSSR count). The van der Waals surface area contributed by atoms with Crippen LogP contribution in [0.15, 0.2) is 0 Å². The van der Waals surface area contributed by atoms with E-state index in [-0.39, 0.29) is 18.1 Å². The van der Waals surface area contributed by atoms with Crippen LogP contribution in [-0.2, 0) is 9.53 Å². The van der Waals surface area contributed by atoms with Crippen LogP contribution in [0.5, 0.6) is 0 Å². The molecule has 0 saturated heterocycles. The maximum atomic E-state index is 11.8. The molecule has 104 valence electrons. The highest BCUT2D eigenvalue weighted by molar-refractivity contribution is 5.82. The van der Waals surface area contributed by atoms with E-state index in [2.05, 4.69) is 5.32 Å². The third kappa shape index (κ3) is 5.07. The lowest BCUT2D eigenvalue weighted by molar-refractivity contribution is -0.126. The van der Waals surface area contributed by atoms with Crippen molar-refractivity contribution in [3.8, 4) is 0 Å². The molecule has 0 aromatic rings. The largest absolute Gasteiger partial charge is 0.444 e. The van der Waals surface area contributed by atoms with Crippen LogP contribution >= 0.6 is 0 Å². The molecule has 1 N–H and O–H groups in total. The van der Waals surface area contributed by atoms with Gasteiger partial charge in [-0.3, -0.25) is 4.79 Å². The summed E-state index contributed by atoms with van der Waals surface area (Å²) in [6.07, 6.45) is 1.77. The first kappa shape index (κ1) is 15.0. The Kier molecular flexibility index (Phi) is 4.77. The van der Waals surface area contributed by atoms with E-state index in [1.165, 1.54) is 0 Å². The topological polar surface area (TPSA) is 55.4 Å². The van der Waals surface area contributed by atoms with Crippen LogP contribution < -0.4 is 5.32 Å². The minimum atomic E-state index is -0.472. The molecule has 0 aliphatic heterocycles. The van der Waals surface area contributed by atoms with Crippen molar-refractivity contribution in [2.45, 2.75) is 65.5 Å². The van der Waals surface area contributed by atoms with Gasteiger partial charge < -0.3 is 10.1 Å². The number of nitrogens with one attached hydrogen (secondary N) is 1. The van der Waals surface area contributed by atoms with Gasteiger partial charge >= 0.3 is 6.09 Å². The summed E-state index contributed by atoms with van der Waals surface area (Å²) in [5, 5.41) is 2.80. The number of amides is 1. The number of carbonyl (C=O) groups excluding carboxylic acids is 2. The monoisotopic (exact) mass is 255 g/mol. The Hall–Kier alpha value is -1.06. The normalized spacial score (nSPS) is 23.4. The second-order valence-electron chi connectivity index (χ2n) is 6.58. The van der Waals surface area contributed by atoms with Gasteiger partial charge in [-0.2, -0.15) is 0 Å². The highest BCUT2D eigenvalue weighted by Gasteiger charge is 2.35. The standard InChI is InChI=1S/C14H25NO3/c1-9(2)6-12(16)10-7-11(8-10)15-13(17)18-14(3,4)5/h9-11H,6-8H2,1-5H3,(H,15,17). The number of hydrogen-bond acceptors (Lipinski definition) is 3. The molecule has 0 unspecified atom stereocenters. The molecule has 1 aliphatic rings. The molecule has 4 nitrogen and oxygen atoms in total. The Morgan fingerprint density at radius 3 is 2.28 bits per heavy atom. The van der Waals surface area contributed by atoms with Crippen molar-refractivity contribution in [1.82, 2.24) is 5.32 Å². The predicted octanol–water partition coefficient (Wildman–Crippen LogP) is 2.90. The molecule has 1 fully saturated rings. The van der Waals surface area contributed by atoms with Gasteiger partial charge in [-0.25, -0.2) is 4.79 Å². The zero-order chi connectivity index (χ0) is 13.9. The Labute approximate surface area is 109 Å². The Balaban J connectivity index is 2.23. The highest BCUT2D eigenvalue weighted by Crippen LogP contribution is 2.30. The second kappa shape index (κ2) is 5.72. The number of hydrogen-bond donors (Lipinski definition) is 1. The predicted molar refractivity (Wildman–Crippen MR) is 70.3 cm³/mol. The molecule has 4 heteroatoms. The average molecular weight is 255 g/mol. The summed E-state index contributed by atoms with van der Waals surface area (Å²) in [6, 6.07) is 0.0981. The summed E-state index contributed by atoms with van der Waals surface area (Å²) in [5.74, 6) is 0.870. The van der Waals surface area contributed by atoms with E-state index in [1.54, 1.807) is 0 Å². The van der Waals surface area contributed by atoms with Gasteiger partial charge in [-0.05, 0) is 39.5 Å². The van der Waals surface area contributed by atoms with Crippen LogP contribution in [0.3, 0.4) is 0 Å². The van der Waals surface area contributed by atoms with Crippen LogP contribution in [-0.4, -0.2) is 23.5 Å². The van der Waals surface area contributed by atoms with Crippen LogP contribution in [0.1, 0.15) is 53.9 Å². The van der Waals surface area contributed by atoms with Gasteiger partial charge in [0.1, 0.15) is 11.4 Å². The lowest BCUT2D eigenvalue weighted by atomic mass is 9.76. The highest BCUT2D eigenvalue weighted by atomic mass is 16.6. The van der Waals surface area contributed by atoms with E-state index < -0.39 is 5.60 Å². The number of ketones is 1. The molecule has 1 saturated carbocycles. The molecule has 1 amide bonds. The fourth-order valence-electron chi connectivity index (χ4n) is 2.04.